The quantitative estimate of drug-likeness (QED) is 0.346. The first kappa shape index (κ1) is 20.0. The van der Waals surface area contributed by atoms with E-state index < -0.39 is 10.8 Å². The Balaban J connectivity index is 1.47. The number of rotatable bonds is 8. The van der Waals surface area contributed by atoms with Crippen LogP contribution in [0.4, 0.5) is 5.69 Å². The minimum Gasteiger partial charge on any atom is -0.489 e. The fraction of sp³-hybridized carbons (Fsp3) is 0.105. The van der Waals surface area contributed by atoms with Crippen LogP contribution in [-0.2, 0) is 17.9 Å². The number of aromatic nitrogens is 2. The average molecular weight is 414 g/mol. The predicted molar refractivity (Wildman–Crippen MR) is 107 cm³/mol. The fourth-order valence-corrected chi connectivity index (χ4v) is 2.51. The van der Waals surface area contributed by atoms with Gasteiger partial charge in [0.05, 0.1) is 11.1 Å². The topological polar surface area (TPSA) is 112 Å². The van der Waals surface area contributed by atoms with Gasteiger partial charge in [-0.1, -0.05) is 29.8 Å². The molecule has 0 aliphatic carbocycles. The molecule has 10 heteroatoms. The van der Waals surface area contributed by atoms with Crippen LogP contribution in [0, 0.1) is 10.1 Å². The highest BCUT2D eigenvalue weighted by atomic mass is 35.5. The van der Waals surface area contributed by atoms with Crippen molar-refractivity contribution in [2.24, 2.45) is 5.10 Å². The standard InChI is InChI=1S/C19H16ClN5O4/c20-18-4-2-1-3-15(18)13-29-17-7-5-14(6-8-17)9-21-23-19(26)12-24-11-16(10-22-24)25(27)28/h1-11H,12-13H2,(H,23,26)/b21-9+. The normalized spacial score (nSPS) is 10.8. The Kier molecular flexibility index (Phi) is 6.54. The van der Waals surface area contributed by atoms with Gasteiger partial charge in [0.2, 0.25) is 0 Å². The van der Waals surface area contributed by atoms with Gasteiger partial charge in [0, 0.05) is 10.6 Å². The van der Waals surface area contributed by atoms with Crippen molar-refractivity contribution in [3.05, 3.63) is 87.2 Å². The van der Waals surface area contributed by atoms with E-state index in [0.29, 0.717) is 17.4 Å². The second kappa shape index (κ2) is 9.47. The Morgan fingerprint density at radius 3 is 2.72 bits per heavy atom. The van der Waals surface area contributed by atoms with Crippen LogP contribution in [0.15, 0.2) is 66.0 Å². The summed E-state index contributed by atoms with van der Waals surface area (Å²) in [6.07, 6.45) is 3.72. The number of carbonyl (C=O) groups excluding carboxylic acids is 1. The first-order valence-electron chi connectivity index (χ1n) is 8.46. The summed E-state index contributed by atoms with van der Waals surface area (Å²) in [5.74, 6) is 0.213. The zero-order chi connectivity index (χ0) is 20.6. The van der Waals surface area contributed by atoms with E-state index in [0.717, 1.165) is 22.0 Å². The van der Waals surface area contributed by atoms with Gasteiger partial charge >= 0.3 is 5.69 Å². The number of hydrazone groups is 1. The maximum absolute atomic E-state index is 11.8. The maximum atomic E-state index is 11.8. The minimum absolute atomic E-state index is 0.181. The third-order valence-corrected chi connectivity index (χ3v) is 4.14. The molecule has 0 saturated heterocycles. The molecule has 1 aromatic heterocycles. The van der Waals surface area contributed by atoms with Crippen molar-refractivity contribution >= 4 is 29.4 Å². The smallest absolute Gasteiger partial charge is 0.307 e. The molecular formula is C19H16ClN5O4. The van der Waals surface area contributed by atoms with Crippen LogP contribution in [0.3, 0.4) is 0 Å². The Bertz CT molecular complexity index is 1030. The van der Waals surface area contributed by atoms with Gasteiger partial charge in [-0.05, 0) is 35.9 Å². The van der Waals surface area contributed by atoms with E-state index in [1.54, 1.807) is 24.3 Å². The number of carbonyl (C=O) groups is 1. The Hall–Kier alpha value is -3.72. The van der Waals surface area contributed by atoms with E-state index >= 15 is 0 Å². The molecule has 148 valence electrons. The lowest BCUT2D eigenvalue weighted by Gasteiger charge is -2.07. The van der Waals surface area contributed by atoms with Crippen LogP contribution in [0.5, 0.6) is 5.75 Å². The molecule has 29 heavy (non-hydrogen) atoms. The number of nitrogens with zero attached hydrogens (tertiary/aromatic N) is 4. The van der Waals surface area contributed by atoms with E-state index in [1.165, 1.54) is 12.4 Å². The summed E-state index contributed by atoms with van der Waals surface area (Å²) in [6, 6.07) is 14.6. The van der Waals surface area contributed by atoms with Crippen molar-refractivity contribution in [2.75, 3.05) is 0 Å². The van der Waals surface area contributed by atoms with Gasteiger partial charge < -0.3 is 4.74 Å². The van der Waals surface area contributed by atoms with Crippen LogP contribution in [0.2, 0.25) is 5.02 Å². The molecule has 2 aromatic carbocycles. The molecule has 3 rings (SSSR count). The summed E-state index contributed by atoms with van der Waals surface area (Å²) in [5.41, 5.74) is 3.81. The van der Waals surface area contributed by atoms with Crippen molar-refractivity contribution in [3.63, 3.8) is 0 Å². The molecule has 0 saturated carbocycles. The van der Waals surface area contributed by atoms with Crippen LogP contribution < -0.4 is 10.2 Å². The van der Waals surface area contributed by atoms with Crippen LogP contribution in [-0.4, -0.2) is 26.8 Å². The molecule has 9 nitrogen and oxygen atoms in total. The first-order chi connectivity index (χ1) is 14.0. The van der Waals surface area contributed by atoms with Crippen molar-refractivity contribution in [3.8, 4) is 5.75 Å². The van der Waals surface area contributed by atoms with Gasteiger partial charge in [0.15, 0.2) is 0 Å². The molecule has 1 amide bonds. The monoisotopic (exact) mass is 413 g/mol. The Labute approximate surface area is 170 Å². The highest BCUT2D eigenvalue weighted by Gasteiger charge is 2.10. The number of hydrogen-bond donors (Lipinski definition) is 1. The van der Waals surface area contributed by atoms with Gasteiger partial charge in [0.1, 0.15) is 31.3 Å². The molecular weight excluding hydrogens is 398 g/mol. The predicted octanol–water partition coefficient (Wildman–Crippen LogP) is 3.17. The summed E-state index contributed by atoms with van der Waals surface area (Å²) < 4.78 is 6.86. The molecule has 0 unspecified atom stereocenters. The third-order valence-electron chi connectivity index (χ3n) is 3.77. The SMILES string of the molecule is O=C(Cn1cc([N+](=O)[O-])cn1)N/N=C/c1ccc(OCc2ccccc2Cl)cc1. The number of nitrogens with one attached hydrogen (secondary N) is 1. The lowest BCUT2D eigenvalue weighted by molar-refractivity contribution is -0.385. The molecule has 0 aliphatic heterocycles. The molecule has 0 fully saturated rings. The lowest BCUT2D eigenvalue weighted by atomic mass is 10.2. The molecule has 3 aromatic rings. The van der Waals surface area contributed by atoms with E-state index in [-0.39, 0.29) is 12.2 Å². The highest BCUT2D eigenvalue weighted by Crippen LogP contribution is 2.18. The van der Waals surface area contributed by atoms with E-state index in [4.69, 9.17) is 16.3 Å². The second-order valence-electron chi connectivity index (χ2n) is 5.90. The molecule has 0 radical (unpaired) electrons. The Morgan fingerprint density at radius 2 is 2.03 bits per heavy atom. The lowest BCUT2D eigenvalue weighted by Crippen LogP contribution is -2.23. The highest BCUT2D eigenvalue weighted by molar-refractivity contribution is 6.31. The first-order valence-corrected chi connectivity index (χ1v) is 8.84. The fourth-order valence-electron chi connectivity index (χ4n) is 2.32. The summed E-state index contributed by atoms with van der Waals surface area (Å²) in [5, 5.41) is 18.8. The van der Waals surface area contributed by atoms with Gasteiger partial charge in [-0.15, -0.1) is 0 Å². The van der Waals surface area contributed by atoms with Gasteiger partial charge in [-0.3, -0.25) is 19.6 Å². The van der Waals surface area contributed by atoms with Crippen molar-refractivity contribution < 1.29 is 14.5 Å². The number of ether oxygens (including phenoxy) is 1. The molecule has 0 aliphatic rings. The number of hydrogen-bond acceptors (Lipinski definition) is 6. The zero-order valence-corrected chi connectivity index (χ0v) is 15.8. The second-order valence-corrected chi connectivity index (χ2v) is 6.30. The van der Waals surface area contributed by atoms with E-state index in [9.17, 15) is 14.9 Å². The maximum Gasteiger partial charge on any atom is 0.307 e. The van der Waals surface area contributed by atoms with E-state index in [2.05, 4.69) is 15.6 Å². The summed E-state index contributed by atoms with van der Waals surface area (Å²) >= 11 is 6.10. The molecule has 0 spiro atoms. The average Bonchev–Trinajstić information content (AvgIpc) is 3.17. The van der Waals surface area contributed by atoms with Gasteiger partial charge in [0.25, 0.3) is 5.91 Å². The largest absolute Gasteiger partial charge is 0.489 e. The van der Waals surface area contributed by atoms with Crippen molar-refractivity contribution in [2.45, 2.75) is 13.2 Å². The Morgan fingerprint density at radius 1 is 1.28 bits per heavy atom. The van der Waals surface area contributed by atoms with Crippen molar-refractivity contribution in [1.29, 1.82) is 0 Å². The number of benzene rings is 2. The van der Waals surface area contributed by atoms with Gasteiger partial charge in [-0.2, -0.15) is 10.2 Å². The van der Waals surface area contributed by atoms with Gasteiger partial charge in [-0.25, -0.2) is 5.43 Å². The molecule has 0 atom stereocenters. The number of nitro groups is 1. The van der Waals surface area contributed by atoms with E-state index in [1.807, 2.05) is 24.3 Å². The number of amides is 1. The zero-order valence-electron chi connectivity index (χ0n) is 15.1. The summed E-state index contributed by atoms with van der Waals surface area (Å²) in [6.45, 7) is 0.175. The van der Waals surface area contributed by atoms with Crippen LogP contribution in [0.25, 0.3) is 0 Å². The summed E-state index contributed by atoms with van der Waals surface area (Å²) in [7, 11) is 0. The molecule has 1 N–H and O–H groups in total. The third kappa shape index (κ3) is 5.88. The molecule has 0 bridgehead atoms. The van der Waals surface area contributed by atoms with Crippen LogP contribution >= 0.6 is 11.6 Å². The molecule has 1 heterocycles. The van der Waals surface area contributed by atoms with Crippen molar-refractivity contribution in [1.82, 2.24) is 15.2 Å². The minimum atomic E-state index is -0.582. The number of halogens is 1. The van der Waals surface area contributed by atoms with Crippen LogP contribution in [0.1, 0.15) is 11.1 Å². The summed E-state index contributed by atoms with van der Waals surface area (Å²) in [4.78, 5) is 21.8.